The van der Waals surface area contributed by atoms with Gasteiger partial charge in [-0.25, -0.2) is 15.1 Å². The summed E-state index contributed by atoms with van der Waals surface area (Å²) in [5, 5.41) is 14.5. The van der Waals surface area contributed by atoms with Gasteiger partial charge < -0.3 is 9.47 Å². The van der Waals surface area contributed by atoms with E-state index in [0.29, 0.717) is 5.82 Å². The number of imidazole rings is 1. The standard InChI is InChI=1S/C30H34N8/c1-3-4-9-28-31-26-14-15-27(37-18-16-21(2)17-19-37)32-30(26)38(28)20-22-10-12-23(13-11-22)24-7-5-6-8-25(24)29-33-35-36-34-29/h5-8,10-15,21H,3-4,9,16-20H2,1-2H3,(H,33,34,35,36). The van der Waals surface area contributed by atoms with Crippen LogP contribution in [0.2, 0.25) is 0 Å². The highest BCUT2D eigenvalue weighted by Crippen LogP contribution is 2.30. The minimum absolute atomic E-state index is 0.667. The minimum Gasteiger partial charge on any atom is -0.357 e. The minimum atomic E-state index is 0.667. The summed E-state index contributed by atoms with van der Waals surface area (Å²) in [5.41, 5.74) is 6.40. The molecule has 0 unspecified atom stereocenters. The molecule has 1 N–H and O–H groups in total. The van der Waals surface area contributed by atoms with Crippen LogP contribution in [0.15, 0.2) is 60.7 Å². The van der Waals surface area contributed by atoms with E-state index < -0.39 is 0 Å². The molecule has 0 bridgehead atoms. The highest BCUT2D eigenvalue weighted by atomic mass is 15.5. The van der Waals surface area contributed by atoms with Crippen molar-refractivity contribution in [2.24, 2.45) is 5.92 Å². The molecule has 5 aromatic rings. The van der Waals surface area contributed by atoms with Gasteiger partial charge in [0, 0.05) is 25.1 Å². The predicted octanol–water partition coefficient (Wildman–Crippen LogP) is 5.91. The summed E-state index contributed by atoms with van der Waals surface area (Å²) >= 11 is 0. The number of nitrogens with one attached hydrogen (secondary N) is 1. The first kappa shape index (κ1) is 24.3. The van der Waals surface area contributed by atoms with Crippen LogP contribution in [0, 0.1) is 5.92 Å². The number of tetrazole rings is 1. The van der Waals surface area contributed by atoms with E-state index in [1.807, 2.05) is 18.2 Å². The van der Waals surface area contributed by atoms with Crippen molar-refractivity contribution < 1.29 is 0 Å². The molecule has 38 heavy (non-hydrogen) atoms. The van der Waals surface area contributed by atoms with Crippen LogP contribution in [0.4, 0.5) is 5.82 Å². The lowest BCUT2D eigenvalue weighted by molar-refractivity contribution is 0.437. The fourth-order valence-corrected chi connectivity index (χ4v) is 5.33. The van der Waals surface area contributed by atoms with Gasteiger partial charge in [0.1, 0.15) is 17.2 Å². The largest absolute Gasteiger partial charge is 0.357 e. The van der Waals surface area contributed by atoms with Crippen molar-refractivity contribution in [3.63, 3.8) is 0 Å². The van der Waals surface area contributed by atoms with Crippen LogP contribution < -0.4 is 4.90 Å². The van der Waals surface area contributed by atoms with Gasteiger partial charge >= 0.3 is 0 Å². The molecule has 0 radical (unpaired) electrons. The summed E-state index contributed by atoms with van der Waals surface area (Å²) < 4.78 is 2.32. The number of aromatic nitrogens is 7. The summed E-state index contributed by atoms with van der Waals surface area (Å²) in [5.74, 6) is 3.65. The molecule has 1 aliphatic rings. The summed E-state index contributed by atoms with van der Waals surface area (Å²) in [6.45, 7) is 7.47. The number of H-pyrrole nitrogens is 1. The second-order valence-electron chi connectivity index (χ2n) is 10.4. The molecule has 3 aromatic heterocycles. The maximum Gasteiger partial charge on any atom is 0.180 e. The summed E-state index contributed by atoms with van der Waals surface area (Å²) in [6, 6.07) is 21.2. The molecule has 1 fully saturated rings. The third kappa shape index (κ3) is 4.90. The Balaban J connectivity index is 1.31. The van der Waals surface area contributed by atoms with Gasteiger partial charge in [-0.3, -0.25) is 0 Å². The van der Waals surface area contributed by atoms with Gasteiger partial charge in [0.25, 0.3) is 0 Å². The Morgan fingerprint density at radius 1 is 0.921 bits per heavy atom. The van der Waals surface area contributed by atoms with Gasteiger partial charge in [-0.15, -0.1) is 5.10 Å². The zero-order chi connectivity index (χ0) is 25.9. The third-order valence-electron chi connectivity index (χ3n) is 7.65. The third-order valence-corrected chi connectivity index (χ3v) is 7.65. The van der Waals surface area contributed by atoms with Crippen molar-refractivity contribution in [2.75, 3.05) is 18.0 Å². The Labute approximate surface area is 223 Å². The first-order valence-corrected chi connectivity index (χ1v) is 13.7. The first-order valence-electron chi connectivity index (χ1n) is 13.7. The quantitative estimate of drug-likeness (QED) is 0.282. The van der Waals surface area contributed by atoms with E-state index in [2.05, 4.69) is 86.4 Å². The number of hydrogen-bond acceptors (Lipinski definition) is 6. The molecular formula is C30H34N8. The fraction of sp³-hybridized carbons (Fsp3) is 0.367. The molecule has 0 amide bonds. The Morgan fingerprint density at radius 3 is 2.45 bits per heavy atom. The van der Waals surface area contributed by atoms with Gasteiger partial charge in [-0.1, -0.05) is 68.8 Å². The van der Waals surface area contributed by atoms with E-state index in [1.165, 1.54) is 18.4 Å². The van der Waals surface area contributed by atoms with Gasteiger partial charge in [-0.2, -0.15) is 0 Å². The highest BCUT2D eigenvalue weighted by molar-refractivity contribution is 5.80. The number of nitrogens with zero attached hydrogens (tertiary/aromatic N) is 7. The normalized spacial score (nSPS) is 14.4. The second kappa shape index (κ2) is 10.7. The average molecular weight is 507 g/mol. The van der Waals surface area contributed by atoms with Gasteiger partial charge in [0.2, 0.25) is 0 Å². The van der Waals surface area contributed by atoms with E-state index >= 15 is 0 Å². The van der Waals surface area contributed by atoms with Crippen LogP contribution in [0.25, 0.3) is 33.7 Å². The lowest BCUT2D eigenvalue weighted by Crippen LogP contribution is -2.33. The zero-order valence-electron chi connectivity index (χ0n) is 22.1. The second-order valence-corrected chi connectivity index (χ2v) is 10.4. The molecule has 4 heterocycles. The van der Waals surface area contributed by atoms with E-state index in [1.54, 1.807) is 0 Å². The van der Waals surface area contributed by atoms with E-state index in [4.69, 9.17) is 9.97 Å². The fourth-order valence-electron chi connectivity index (χ4n) is 5.33. The van der Waals surface area contributed by atoms with E-state index in [0.717, 1.165) is 84.3 Å². The van der Waals surface area contributed by atoms with E-state index in [-0.39, 0.29) is 0 Å². The maximum absolute atomic E-state index is 5.16. The smallest absolute Gasteiger partial charge is 0.180 e. The molecule has 8 heteroatoms. The molecule has 0 saturated carbocycles. The molecule has 6 rings (SSSR count). The first-order chi connectivity index (χ1) is 18.7. The topological polar surface area (TPSA) is 88.4 Å². The van der Waals surface area contributed by atoms with Crippen molar-refractivity contribution in [3.05, 3.63) is 72.1 Å². The van der Waals surface area contributed by atoms with Crippen molar-refractivity contribution in [3.8, 4) is 22.5 Å². The molecule has 0 atom stereocenters. The molecule has 2 aromatic carbocycles. The lowest BCUT2D eigenvalue weighted by Gasteiger charge is -2.31. The van der Waals surface area contributed by atoms with Crippen LogP contribution in [0.5, 0.6) is 0 Å². The number of rotatable bonds is 8. The number of anilines is 1. The van der Waals surface area contributed by atoms with Crippen molar-refractivity contribution in [2.45, 2.75) is 52.5 Å². The number of piperidine rings is 1. The van der Waals surface area contributed by atoms with E-state index in [9.17, 15) is 0 Å². The van der Waals surface area contributed by atoms with Crippen molar-refractivity contribution in [1.29, 1.82) is 0 Å². The molecule has 0 spiro atoms. The van der Waals surface area contributed by atoms with Gasteiger partial charge in [0.05, 0.1) is 6.54 Å². The Bertz CT molecular complexity index is 1500. The number of unbranched alkanes of at least 4 members (excludes halogenated alkanes) is 1. The van der Waals surface area contributed by atoms with Crippen LogP contribution >= 0.6 is 0 Å². The number of benzene rings is 2. The zero-order valence-corrected chi connectivity index (χ0v) is 22.1. The average Bonchev–Trinajstić information content (AvgIpc) is 3.61. The maximum atomic E-state index is 5.16. The summed E-state index contributed by atoms with van der Waals surface area (Å²) in [7, 11) is 0. The van der Waals surface area contributed by atoms with Crippen molar-refractivity contribution in [1.82, 2.24) is 35.2 Å². The Morgan fingerprint density at radius 2 is 1.71 bits per heavy atom. The molecule has 1 saturated heterocycles. The van der Waals surface area contributed by atoms with Crippen LogP contribution in [-0.2, 0) is 13.0 Å². The predicted molar refractivity (Wildman–Crippen MR) is 151 cm³/mol. The van der Waals surface area contributed by atoms with Crippen LogP contribution in [0.1, 0.15) is 50.9 Å². The molecule has 8 nitrogen and oxygen atoms in total. The molecular weight excluding hydrogens is 472 g/mol. The Kier molecular flexibility index (Phi) is 6.86. The highest BCUT2D eigenvalue weighted by Gasteiger charge is 2.19. The summed E-state index contributed by atoms with van der Waals surface area (Å²) in [6.07, 6.45) is 5.67. The van der Waals surface area contributed by atoms with Crippen LogP contribution in [-0.4, -0.2) is 48.2 Å². The number of aryl methyl sites for hydroxylation is 1. The molecule has 194 valence electrons. The molecule has 0 aliphatic carbocycles. The lowest BCUT2D eigenvalue weighted by atomic mass is 9.98. The number of aromatic amines is 1. The number of hydrogen-bond donors (Lipinski definition) is 1. The number of fused-ring (bicyclic) bond motifs is 1. The summed E-state index contributed by atoms with van der Waals surface area (Å²) in [4.78, 5) is 12.6. The van der Waals surface area contributed by atoms with Crippen LogP contribution in [0.3, 0.4) is 0 Å². The van der Waals surface area contributed by atoms with Gasteiger partial charge in [-0.05, 0) is 64.4 Å². The van der Waals surface area contributed by atoms with Gasteiger partial charge in [0.15, 0.2) is 11.5 Å². The monoisotopic (exact) mass is 506 g/mol. The molecule has 1 aliphatic heterocycles. The SMILES string of the molecule is CCCCc1nc2ccc(N3CCC(C)CC3)nc2n1Cc1ccc(-c2ccccc2-c2nnn[nH]2)cc1. The number of pyridine rings is 1. The van der Waals surface area contributed by atoms with Crippen molar-refractivity contribution >= 4 is 17.0 Å². The Hall–Kier alpha value is -4.07.